The number of imidazole rings is 1. The molecule has 0 spiro atoms. The molecule has 2 aromatic carbocycles. The number of hydrogen-bond donors (Lipinski definition) is 2. The summed E-state index contributed by atoms with van der Waals surface area (Å²) in [5.41, 5.74) is 2.98. The average Bonchev–Trinajstić information content (AvgIpc) is 2.85. The molecule has 0 aliphatic heterocycles. The predicted molar refractivity (Wildman–Crippen MR) is 85.1 cm³/mol. The second-order valence-corrected chi connectivity index (χ2v) is 5.76. The second-order valence-electron chi connectivity index (χ2n) is 4.84. The Balaban J connectivity index is 1.89. The standard InChI is InChI=1S/C16H16BrN3O/c1-2-20-14-6-4-3-5-13(14)19-16(20)18-10-11-9-12(17)7-8-15(11)21/h3-9H,2,10H2,1H3,(H2,18,19,21). The number of benzene rings is 2. The largest absolute Gasteiger partial charge is 0.872 e. The highest BCUT2D eigenvalue weighted by atomic mass is 79.9. The minimum Gasteiger partial charge on any atom is -0.872 e. The third-order valence-electron chi connectivity index (χ3n) is 3.50. The molecule has 0 saturated heterocycles. The lowest BCUT2D eigenvalue weighted by Crippen LogP contribution is -2.34. The Morgan fingerprint density at radius 3 is 2.86 bits per heavy atom. The molecule has 0 fully saturated rings. The van der Waals surface area contributed by atoms with Gasteiger partial charge < -0.3 is 5.11 Å². The van der Waals surface area contributed by atoms with Crippen LogP contribution in [0.2, 0.25) is 0 Å². The van der Waals surface area contributed by atoms with Crippen molar-refractivity contribution in [2.75, 3.05) is 5.32 Å². The van der Waals surface area contributed by atoms with Crippen molar-refractivity contribution in [3.8, 4) is 5.75 Å². The Hall–Kier alpha value is -2.01. The zero-order chi connectivity index (χ0) is 14.8. The van der Waals surface area contributed by atoms with Gasteiger partial charge in [-0.05, 0) is 36.8 Å². The van der Waals surface area contributed by atoms with Gasteiger partial charge in [-0.15, -0.1) is 5.75 Å². The number of hydrogen-bond acceptors (Lipinski definition) is 2. The van der Waals surface area contributed by atoms with Gasteiger partial charge in [0.05, 0.1) is 13.1 Å². The molecule has 108 valence electrons. The van der Waals surface area contributed by atoms with Gasteiger partial charge in [-0.25, -0.2) is 9.55 Å². The van der Waals surface area contributed by atoms with Gasteiger partial charge in [-0.1, -0.05) is 34.1 Å². The Kier molecular flexibility index (Phi) is 3.84. The Labute approximate surface area is 131 Å². The summed E-state index contributed by atoms with van der Waals surface area (Å²) in [7, 11) is 0. The van der Waals surface area contributed by atoms with E-state index in [9.17, 15) is 5.11 Å². The number of aromatic amines is 1. The van der Waals surface area contributed by atoms with Crippen LogP contribution < -0.4 is 15.0 Å². The molecule has 0 bridgehead atoms. The van der Waals surface area contributed by atoms with E-state index in [-0.39, 0.29) is 5.75 Å². The van der Waals surface area contributed by atoms with Crippen LogP contribution in [-0.4, -0.2) is 4.98 Å². The van der Waals surface area contributed by atoms with Crippen molar-refractivity contribution in [1.82, 2.24) is 4.98 Å². The van der Waals surface area contributed by atoms with Gasteiger partial charge in [0.1, 0.15) is 11.0 Å². The fourth-order valence-electron chi connectivity index (χ4n) is 2.46. The number of anilines is 1. The van der Waals surface area contributed by atoms with Gasteiger partial charge in [0, 0.05) is 4.47 Å². The first-order chi connectivity index (χ1) is 10.2. The predicted octanol–water partition coefficient (Wildman–Crippen LogP) is 2.92. The minimum absolute atomic E-state index is 0.0462. The van der Waals surface area contributed by atoms with E-state index in [2.05, 4.69) is 43.8 Å². The van der Waals surface area contributed by atoms with Gasteiger partial charge >= 0.3 is 5.95 Å². The summed E-state index contributed by atoms with van der Waals surface area (Å²) in [5.74, 6) is 0.961. The molecule has 3 rings (SSSR count). The third kappa shape index (κ3) is 2.74. The first-order valence-corrected chi connectivity index (χ1v) is 7.68. The van der Waals surface area contributed by atoms with Gasteiger partial charge in [0.2, 0.25) is 0 Å². The Bertz CT molecular complexity index is 782. The van der Waals surface area contributed by atoms with Crippen LogP contribution in [0.4, 0.5) is 5.95 Å². The van der Waals surface area contributed by atoms with Crippen LogP contribution >= 0.6 is 15.9 Å². The molecule has 4 nitrogen and oxygen atoms in total. The molecule has 1 aromatic heterocycles. The van der Waals surface area contributed by atoms with Crippen molar-refractivity contribution >= 4 is 32.9 Å². The zero-order valence-electron chi connectivity index (χ0n) is 11.7. The monoisotopic (exact) mass is 345 g/mol. The molecule has 1 heterocycles. The smallest absolute Gasteiger partial charge is 0.356 e. The van der Waals surface area contributed by atoms with Crippen LogP contribution in [0, 0.1) is 0 Å². The van der Waals surface area contributed by atoms with E-state index in [1.807, 2.05) is 24.3 Å². The summed E-state index contributed by atoms with van der Waals surface area (Å²) in [4.78, 5) is 3.36. The molecule has 0 amide bonds. The minimum atomic E-state index is 0.0462. The van der Waals surface area contributed by atoms with Crippen LogP contribution in [0.15, 0.2) is 46.9 Å². The maximum Gasteiger partial charge on any atom is 0.356 e. The van der Waals surface area contributed by atoms with E-state index in [0.717, 1.165) is 33.6 Å². The van der Waals surface area contributed by atoms with Crippen molar-refractivity contribution < 1.29 is 9.67 Å². The van der Waals surface area contributed by atoms with Gasteiger partial charge in [-0.3, -0.25) is 5.32 Å². The fraction of sp³-hybridized carbons (Fsp3) is 0.188. The topological polar surface area (TPSA) is 54.8 Å². The van der Waals surface area contributed by atoms with Crippen LogP contribution in [0.25, 0.3) is 11.0 Å². The highest BCUT2D eigenvalue weighted by Gasteiger charge is 2.15. The molecule has 0 radical (unpaired) electrons. The normalized spacial score (nSPS) is 11.0. The quantitative estimate of drug-likeness (QED) is 0.714. The second kappa shape index (κ2) is 5.77. The first kappa shape index (κ1) is 13.9. The van der Waals surface area contributed by atoms with Crippen LogP contribution in [0.1, 0.15) is 12.5 Å². The summed E-state index contributed by atoms with van der Waals surface area (Å²) in [6.07, 6.45) is 0. The number of para-hydroxylation sites is 2. The summed E-state index contributed by atoms with van der Waals surface area (Å²) >= 11 is 3.40. The number of H-pyrrole nitrogens is 1. The highest BCUT2D eigenvalue weighted by Crippen LogP contribution is 2.20. The van der Waals surface area contributed by atoms with E-state index >= 15 is 0 Å². The number of rotatable bonds is 4. The van der Waals surface area contributed by atoms with E-state index in [4.69, 9.17) is 0 Å². The SMILES string of the molecule is CC[n+]1c(NCc2cc(Br)ccc2[O-])[nH]c2ccccc21. The molecule has 0 aliphatic rings. The number of nitrogens with one attached hydrogen (secondary N) is 2. The van der Waals surface area contributed by atoms with E-state index in [0.29, 0.717) is 6.54 Å². The van der Waals surface area contributed by atoms with E-state index < -0.39 is 0 Å². The van der Waals surface area contributed by atoms with E-state index in [1.54, 1.807) is 12.1 Å². The summed E-state index contributed by atoms with van der Waals surface area (Å²) in [5, 5.41) is 15.2. The lowest BCUT2D eigenvalue weighted by atomic mass is 10.2. The van der Waals surface area contributed by atoms with E-state index in [1.165, 1.54) is 0 Å². The third-order valence-corrected chi connectivity index (χ3v) is 4.00. The van der Waals surface area contributed by atoms with Crippen molar-refractivity contribution in [3.63, 3.8) is 0 Å². The van der Waals surface area contributed by atoms with Gasteiger partial charge in [-0.2, -0.15) is 0 Å². The number of nitrogens with zero attached hydrogens (tertiary/aromatic N) is 1. The fourth-order valence-corrected chi connectivity index (χ4v) is 2.87. The molecule has 5 heteroatoms. The zero-order valence-corrected chi connectivity index (χ0v) is 13.3. The molecule has 0 aliphatic carbocycles. The Morgan fingerprint density at radius 2 is 2.05 bits per heavy atom. The summed E-state index contributed by atoms with van der Waals surface area (Å²) in [6, 6.07) is 13.4. The number of aromatic nitrogens is 2. The van der Waals surface area contributed by atoms with Gasteiger partial charge in [0.15, 0.2) is 0 Å². The molecule has 0 saturated carbocycles. The number of halogens is 1. The van der Waals surface area contributed by atoms with Crippen LogP contribution in [0.5, 0.6) is 5.75 Å². The maximum absolute atomic E-state index is 11.8. The number of aryl methyl sites for hydroxylation is 1. The van der Waals surface area contributed by atoms with Crippen molar-refractivity contribution in [3.05, 3.63) is 52.5 Å². The molecule has 21 heavy (non-hydrogen) atoms. The van der Waals surface area contributed by atoms with Crippen molar-refractivity contribution in [2.45, 2.75) is 20.0 Å². The molecule has 3 aromatic rings. The van der Waals surface area contributed by atoms with Crippen LogP contribution in [-0.2, 0) is 13.1 Å². The molecule has 2 N–H and O–H groups in total. The first-order valence-electron chi connectivity index (χ1n) is 6.89. The number of fused-ring (bicyclic) bond motifs is 1. The lowest BCUT2D eigenvalue weighted by Gasteiger charge is -2.12. The van der Waals surface area contributed by atoms with Crippen molar-refractivity contribution in [1.29, 1.82) is 0 Å². The highest BCUT2D eigenvalue weighted by molar-refractivity contribution is 9.10. The maximum atomic E-state index is 11.8. The molecular formula is C16H16BrN3O. The van der Waals surface area contributed by atoms with Crippen LogP contribution in [0.3, 0.4) is 0 Å². The van der Waals surface area contributed by atoms with Gasteiger partial charge in [0.25, 0.3) is 0 Å². The Morgan fingerprint density at radius 1 is 1.24 bits per heavy atom. The molecule has 0 atom stereocenters. The molecule has 0 unspecified atom stereocenters. The summed E-state index contributed by atoms with van der Waals surface area (Å²) < 4.78 is 3.08. The lowest BCUT2D eigenvalue weighted by molar-refractivity contribution is -0.653. The summed E-state index contributed by atoms with van der Waals surface area (Å²) in [6.45, 7) is 3.45. The average molecular weight is 346 g/mol. The molecular weight excluding hydrogens is 330 g/mol. The van der Waals surface area contributed by atoms with Crippen molar-refractivity contribution in [2.24, 2.45) is 0 Å².